The quantitative estimate of drug-likeness (QED) is 0.490. The molecule has 1 atom stereocenters. The van der Waals surface area contributed by atoms with Crippen molar-refractivity contribution in [2.75, 3.05) is 0 Å². The maximum atomic E-state index is 9.32. The van der Waals surface area contributed by atoms with E-state index in [-0.39, 0.29) is 6.10 Å². The number of aliphatic hydroxyl groups excluding tert-OH is 1. The average molecular weight is 164 g/mol. The Kier molecular flexibility index (Phi) is 3.90. The summed E-state index contributed by atoms with van der Waals surface area (Å²) in [5.74, 6) is 5.92. The van der Waals surface area contributed by atoms with Crippen molar-refractivity contribution in [2.45, 2.75) is 45.1 Å². The fourth-order valence-electron chi connectivity index (χ4n) is 1.53. The van der Waals surface area contributed by atoms with Crippen molar-refractivity contribution < 1.29 is 5.11 Å². The van der Waals surface area contributed by atoms with Gasteiger partial charge in [0.2, 0.25) is 0 Å². The van der Waals surface area contributed by atoms with Gasteiger partial charge in [0, 0.05) is 6.42 Å². The van der Waals surface area contributed by atoms with Gasteiger partial charge in [-0.3, -0.25) is 0 Å². The number of hydrogen-bond acceptors (Lipinski definition) is 1. The third-order valence-corrected chi connectivity index (χ3v) is 2.17. The Morgan fingerprint density at radius 1 is 1.67 bits per heavy atom. The van der Waals surface area contributed by atoms with Crippen molar-refractivity contribution in [3.05, 3.63) is 11.6 Å². The molecule has 1 nitrogen and oxygen atoms in total. The van der Waals surface area contributed by atoms with Crippen LogP contribution in [0.3, 0.4) is 0 Å². The second kappa shape index (κ2) is 5.00. The van der Waals surface area contributed by atoms with Gasteiger partial charge < -0.3 is 5.11 Å². The van der Waals surface area contributed by atoms with Crippen molar-refractivity contribution >= 4 is 0 Å². The molecular weight excluding hydrogens is 148 g/mol. The van der Waals surface area contributed by atoms with Crippen LogP contribution in [0.5, 0.6) is 0 Å². The van der Waals surface area contributed by atoms with E-state index < -0.39 is 0 Å². The van der Waals surface area contributed by atoms with E-state index in [0.717, 1.165) is 32.1 Å². The Hall–Kier alpha value is -0.740. The van der Waals surface area contributed by atoms with Crippen molar-refractivity contribution in [2.24, 2.45) is 0 Å². The third kappa shape index (κ3) is 3.11. The molecule has 1 N–H and O–H groups in total. The zero-order valence-corrected chi connectivity index (χ0v) is 7.64. The first-order valence-electron chi connectivity index (χ1n) is 4.60. The molecule has 1 heteroatoms. The van der Waals surface area contributed by atoms with Crippen LogP contribution in [-0.4, -0.2) is 11.2 Å². The highest BCUT2D eigenvalue weighted by molar-refractivity contribution is 5.11. The van der Waals surface area contributed by atoms with Crippen LogP contribution >= 0.6 is 0 Å². The number of rotatable bonds is 2. The zero-order chi connectivity index (χ0) is 8.81. The summed E-state index contributed by atoms with van der Waals surface area (Å²) >= 11 is 0. The molecule has 1 rings (SSSR count). The summed E-state index contributed by atoms with van der Waals surface area (Å²) in [6, 6.07) is 0. The fraction of sp³-hybridized carbons (Fsp3) is 0.636. The van der Waals surface area contributed by atoms with Crippen LogP contribution in [0.1, 0.15) is 39.0 Å². The predicted octanol–water partition coefficient (Wildman–Crippen LogP) is 2.26. The minimum Gasteiger partial charge on any atom is -0.389 e. The van der Waals surface area contributed by atoms with Gasteiger partial charge in [-0.2, -0.15) is 0 Å². The van der Waals surface area contributed by atoms with Crippen LogP contribution in [0, 0.1) is 11.8 Å². The molecule has 0 aromatic heterocycles. The Labute approximate surface area is 74.5 Å². The first-order chi connectivity index (χ1) is 5.83. The Bertz CT molecular complexity index is 217. The van der Waals surface area contributed by atoms with E-state index in [1.807, 2.05) is 13.0 Å². The highest BCUT2D eigenvalue weighted by Gasteiger charge is 2.09. The fourth-order valence-corrected chi connectivity index (χ4v) is 1.53. The van der Waals surface area contributed by atoms with Gasteiger partial charge in [0.1, 0.15) is 0 Å². The summed E-state index contributed by atoms with van der Waals surface area (Å²) in [4.78, 5) is 0. The number of allylic oxidation sites excluding steroid dienone is 1. The minimum absolute atomic E-state index is 0.191. The Morgan fingerprint density at radius 3 is 3.17 bits per heavy atom. The largest absolute Gasteiger partial charge is 0.389 e. The Morgan fingerprint density at radius 2 is 2.50 bits per heavy atom. The van der Waals surface area contributed by atoms with Crippen molar-refractivity contribution in [1.82, 2.24) is 0 Å². The van der Waals surface area contributed by atoms with Gasteiger partial charge in [0.05, 0.1) is 6.10 Å². The SMILES string of the molecule is CC#CCCC1=CC(O)CCC1. The normalized spacial score (nSPS) is 22.5. The molecule has 0 heterocycles. The van der Waals surface area contributed by atoms with Crippen molar-refractivity contribution in [3.8, 4) is 11.8 Å². The highest BCUT2D eigenvalue weighted by Crippen LogP contribution is 2.21. The summed E-state index contributed by atoms with van der Waals surface area (Å²) in [5, 5.41) is 9.32. The van der Waals surface area contributed by atoms with Crippen LogP contribution in [0.2, 0.25) is 0 Å². The summed E-state index contributed by atoms with van der Waals surface area (Å²) in [6.07, 6.45) is 7.01. The van der Waals surface area contributed by atoms with E-state index in [1.165, 1.54) is 5.57 Å². The topological polar surface area (TPSA) is 20.2 Å². The van der Waals surface area contributed by atoms with Gasteiger partial charge in [-0.1, -0.05) is 11.6 Å². The monoisotopic (exact) mass is 164 g/mol. The van der Waals surface area contributed by atoms with Crippen LogP contribution in [-0.2, 0) is 0 Å². The molecule has 1 aliphatic carbocycles. The summed E-state index contributed by atoms with van der Waals surface area (Å²) in [6.45, 7) is 1.87. The van der Waals surface area contributed by atoms with Gasteiger partial charge in [-0.05, 0) is 32.6 Å². The van der Waals surface area contributed by atoms with E-state index in [1.54, 1.807) is 0 Å². The molecule has 0 amide bonds. The maximum absolute atomic E-state index is 9.32. The van der Waals surface area contributed by atoms with E-state index in [2.05, 4.69) is 11.8 Å². The summed E-state index contributed by atoms with van der Waals surface area (Å²) in [7, 11) is 0. The molecule has 0 aliphatic heterocycles. The van der Waals surface area contributed by atoms with Crippen LogP contribution in [0.25, 0.3) is 0 Å². The van der Waals surface area contributed by atoms with Crippen LogP contribution in [0.15, 0.2) is 11.6 Å². The van der Waals surface area contributed by atoms with Gasteiger partial charge >= 0.3 is 0 Å². The summed E-state index contributed by atoms with van der Waals surface area (Å²) in [5.41, 5.74) is 1.39. The lowest BCUT2D eigenvalue weighted by molar-refractivity contribution is 0.201. The summed E-state index contributed by atoms with van der Waals surface area (Å²) < 4.78 is 0. The van der Waals surface area contributed by atoms with E-state index >= 15 is 0 Å². The van der Waals surface area contributed by atoms with Gasteiger partial charge in [0.25, 0.3) is 0 Å². The molecule has 12 heavy (non-hydrogen) atoms. The predicted molar refractivity (Wildman–Crippen MR) is 50.6 cm³/mol. The molecule has 0 saturated heterocycles. The molecule has 66 valence electrons. The smallest absolute Gasteiger partial charge is 0.0723 e. The molecule has 0 spiro atoms. The lowest BCUT2D eigenvalue weighted by atomic mass is 9.94. The molecular formula is C11H16O. The second-order valence-corrected chi connectivity index (χ2v) is 3.21. The zero-order valence-electron chi connectivity index (χ0n) is 7.64. The lowest BCUT2D eigenvalue weighted by Gasteiger charge is -2.15. The molecule has 0 fully saturated rings. The first-order valence-corrected chi connectivity index (χ1v) is 4.60. The molecule has 0 radical (unpaired) electrons. The standard InChI is InChI=1S/C11H16O/c1-2-3-4-6-10-7-5-8-11(12)9-10/h9,11-12H,4-8H2,1H3. The van der Waals surface area contributed by atoms with Crippen LogP contribution in [0.4, 0.5) is 0 Å². The van der Waals surface area contributed by atoms with Crippen LogP contribution < -0.4 is 0 Å². The van der Waals surface area contributed by atoms with Crippen molar-refractivity contribution in [3.63, 3.8) is 0 Å². The van der Waals surface area contributed by atoms with E-state index in [0.29, 0.717) is 0 Å². The Balaban J connectivity index is 2.33. The molecule has 0 aromatic carbocycles. The lowest BCUT2D eigenvalue weighted by Crippen LogP contribution is -2.08. The third-order valence-electron chi connectivity index (χ3n) is 2.17. The number of hydrogen-bond donors (Lipinski definition) is 1. The number of aliphatic hydroxyl groups is 1. The second-order valence-electron chi connectivity index (χ2n) is 3.21. The molecule has 1 aliphatic rings. The minimum atomic E-state index is -0.191. The molecule has 0 saturated carbocycles. The van der Waals surface area contributed by atoms with Gasteiger partial charge in [-0.25, -0.2) is 0 Å². The van der Waals surface area contributed by atoms with E-state index in [9.17, 15) is 5.11 Å². The maximum Gasteiger partial charge on any atom is 0.0723 e. The molecule has 0 bridgehead atoms. The molecule has 1 unspecified atom stereocenters. The van der Waals surface area contributed by atoms with Gasteiger partial charge in [0.15, 0.2) is 0 Å². The average Bonchev–Trinajstić information content (AvgIpc) is 2.05. The van der Waals surface area contributed by atoms with Gasteiger partial charge in [-0.15, -0.1) is 11.8 Å². The van der Waals surface area contributed by atoms with E-state index in [4.69, 9.17) is 0 Å². The first kappa shape index (κ1) is 9.35. The van der Waals surface area contributed by atoms with Crippen molar-refractivity contribution in [1.29, 1.82) is 0 Å². The highest BCUT2D eigenvalue weighted by atomic mass is 16.3. The molecule has 0 aromatic rings.